The number of hydrogen-bond acceptors (Lipinski definition) is 6. The number of amides is 1. The van der Waals surface area contributed by atoms with Crippen LogP contribution in [0.1, 0.15) is 38.3 Å². The van der Waals surface area contributed by atoms with Gasteiger partial charge in [-0.05, 0) is 61.7 Å². The van der Waals surface area contributed by atoms with Crippen molar-refractivity contribution in [2.24, 2.45) is 0 Å². The number of carbonyl (C=O) groups excluding carboxylic acids is 1. The fourth-order valence-corrected chi connectivity index (χ4v) is 2.60. The molecule has 0 aliphatic carbocycles. The summed E-state index contributed by atoms with van der Waals surface area (Å²) in [6, 6.07) is 13.1. The minimum absolute atomic E-state index is 0.00213. The minimum atomic E-state index is -0.456. The van der Waals surface area contributed by atoms with E-state index in [1.165, 1.54) is 18.2 Å². The Kier molecular flexibility index (Phi) is 8.58. The first-order valence-corrected chi connectivity index (χ1v) is 9.93. The maximum Gasteiger partial charge on any atom is 0.269 e. The lowest BCUT2D eigenvalue weighted by Crippen LogP contribution is -2.32. The largest absolute Gasteiger partial charge is 0.490 e. The van der Waals surface area contributed by atoms with Gasteiger partial charge in [0.25, 0.3) is 11.6 Å². The molecule has 0 bridgehead atoms. The topological polar surface area (TPSA) is 114 Å². The lowest BCUT2D eigenvalue weighted by molar-refractivity contribution is -0.384. The van der Waals surface area contributed by atoms with Gasteiger partial charge in [-0.2, -0.15) is 5.26 Å². The SMILES string of the molecule is CCOc1cc(/C=C(\C#N)C(=O)N[C@H](C)CC)ccc1OCc1ccc([N+](=O)[O-])cc1. The third kappa shape index (κ3) is 6.85. The van der Waals surface area contributed by atoms with Gasteiger partial charge in [-0.15, -0.1) is 0 Å². The third-order valence-electron chi connectivity index (χ3n) is 4.48. The Bertz CT molecular complexity index is 993. The number of nitrogens with zero attached hydrogens (tertiary/aromatic N) is 2. The lowest BCUT2D eigenvalue weighted by atomic mass is 10.1. The Morgan fingerprint density at radius 1 is 1.19 bits per heavy atom. The van der Waals surface area contributed by atoms with E-state index in [1.807, 2.05) is 26.8 Å². The van der Waals surface area contributed by atoms with Crippen LogP contribution < -0.4 is 14.8 Å². The Labute approximate surface area is 181 Å². The highest BCUT2D eigenvalue weighted by atomic mass is 16.6. The highest BCUT2D eigenvalue weighted by Crippen LogP contribution is 2.30. The molecule has 1 atom stereocenters. The fourth-order valence-electron chi connectivity index (χ4n) is 2.60. The predicted molar refractivity (Wildman–Crippen MR) is 117 cm³/mol. The summed E-state index contributed by atoms with van der Waals surface area (Å²) in [5, 5.41) is 22.9. The first kappa shape index (κ1) is 23.4. The summed E-state index contributed by atoms with van der Waals surface area (Å²) in [5.41, 5.74) is 1.41. The van der Waals surface area contributed by atoms with E-state index in [2.05, 4.69) is 5.32 Å². The summed E-state index contributed by atoms with van der Waals surface area (Å²) >= 11 is 0. The molecular formula is C23H25N3O5. The summed E-state index contributed by atoms with van der Waals surface area (Å²) < 4.78 is 11.5. The maximum absolute atomic E-state index is 12.3. The normalized spacial score (nSPS) is 11.9. The molecule has 2 aromatic rings. The Morgan fingerprint density at radius 3 is 2.48 bits per heavy atom. The molecule has 2 rings (SSSR count). The molecule has 8 heteroatoms. The van der Waals surface area contributed by atoms with Crippen molar-refractivity contribution < 1.29 is 19.2 Å². The van der Waals surface area contributed by atoms with Gasteiger partial charge in [0.15, 0.2) is 11.5 Å². The zero-order valence-corrected chi connectivity index (χ0v) is 17.8. The van der Waals surface area contributed by atoms with Crippen molar-refractivity contribution in [2.75, 3.05) is 6.61 Å². The van der Waals surface area contributed by atoms with Crippen molar-refractivity contribution in [2.45, 2.75) is 39.8 Å². The summed E-state index contributed by atoms with van der Waals surface area (Å²) in [6.45, 7) is 6.26. The highest BCUT2D eigenvalue weighted by Gasteiger charge is 2.13. The molecule has 0 saturated heterocycles. The molecule has 0 saturated carbocycles. The lowest BCUT2D eigenvalue weighted by Gasteiger charge is -2.13. The molecule has 0 radical (unpaired) electrons. The highest BCUT2D eigenvalue weighted by molar-refractivity contribution is 6.01. The van der Waals surface area contributed by atoms with E-state index in [0.29, 0.717) is 23.7 Å². The maximum atomic E-state index is 12.3. The van der Waals surface area contributed by atoms with Crippen molar-refractivity contribution in [3.63, 3.8) is 0 Å². The molecule has 0 aromatic heterocycles. The number of carbonyl (C=O) groups is 1. The first-order valence-electron chi connectivity index (χ1n) is 9.93. The van der Waals surface area contributed by atoms with Crippen LogP contribution in [-0.4, -0.2) is 23.5 Å². The van der Waals surface area contributed by atoms with E-state index in [0.717, 1.165) is 12.0 Å². The molecular weight excluding hydrogens is 398 g/mol. The molecule has 0 heterocycles. The van der Waals surface area contributed by atoms with Gasteiger partial charge in [-0.3, -0.25) is 14.9 Å². The quantitative estimate of drug-likeness (QED) is 0.262. The van der Waals surface area contributed by atoms with Crippen molar-refractivity contribution in [1.82, 2.24) is 5.32 Å². The zero-order valence-electron chi connectivity index (χ0n) is 17.8. The van der Waals surface area contributed by atoms with Gasteiger partial charge in [0, 0.05) is 18.2 Å². The molecule has 0 aliphatic heterocycles. The number of nitro benzene ring substituents is 1. The second kappa shape index (κ2) is 11.4. The Balaban J connectivity index is 2.18. The smallest absolute Gasteiger partial charge is 0.269 e. The number of ether oxygens (including phenoxy) is 2. The van der Waals surface area contributed by atoms with Gasteiger partial charge in [-0.1, -0.05) is 13.0 Å². The fraction of sp³-hybridized carbons (Fsp3) is 0.304. The standard InChI is InChI=1S/C23H25N3O5/c1-4-16(3)25-23(27)19(14-24)12-18-8-11-21(22(13-18)30-5-2)31-15-17-6-9-20(10-7-17)26(28)29/h6-13,16H,4-5,15H2,1-3H3,(H,25,27)/b19-12+/t16-/m1/s1. The molecule has 162 valence electrons. The molecule has 31 heavy (non-hydrogen) atoms. The molecule has 2 aromatic carbocycles. The van der Waals surface area contributed by atoms with Gasteiger partial charge in [0.2, 0.25) is 0 Å². The van der Waals surface area contributed by atoms with Gasteiger partial charge in [-0.25, -0.2) is 0 Å². The van der Waals surface area contributed by atoms with E-state index in [-0.39, 0.29) is 23.9 Å². The Hall–Kier alpha value is -3.86. The number of benzene rings is 2. The van der Waals surface area contributed by atoms with Crippen LogP contribution in [0.2, 0.25) is 0 Å². The summed E-state index contributed by atoms with van der Waals surface area (Å²) in [5.74, 6) is 0.533. The van der Waals surface area contributed by atoms with E-state index in [9.17, 15) is 20.2 Å². The second-order valence-electron chi connectivity index (χ2n) is 6.80. The second-order valence-corrected chi connectivity index (χ2v) is 6.80. The number of hydrogen-bond donors (Lipinski definition) is 1. The van der Waals surface area contributed by atoms with Crippen molar-refractivity contribution in [3.05, 3.63) is 69.3 Å². The van der Waals surface area contributed by atoms with Crippen molar-refractivity contribution >= 4 is 17.7 Å². The van der Waals surface area contributed by atoms with Crippen LogP contribution in [-0.2, 0) is 11.4 Å². The van der Waals surface area contributed by atoms with Crippen LogP contribution in [0.25, 0.3) is 6.08 Å². The van der Waals surface area contributed by atoms with Gasteiger partial charge >= 0.3 is 0 Å². The summed E-state index contributed by atoms with van der Waals surface area (Å²) in [4.78, 5) is 22.6. The number of nitriles is 1. The van der Waals surface area contributed by atoms with Crippen LogP contribution in [0.15, 0.2) is 48.0 Å². The number of nitrogens with one attached hydrogen (secondary N) is 1. The van der Waals surface area contributed by atoms with Crippen molar-refractivity contribution in [3.8, 4) is 17.6 Å². The minimum Gasteiger partial charge on any atom is -0.490 e. The van der Waals surface area contributed by atoms with E-state index >= 15 is 0 Å². The molecule has 0 spiro atoms. The average molecular weight is 423 g/mol. The molecule has 8 nitrogen and oxygen atoms in total. The summed E-state index contributed by atoms with van der Waals surface area (Å²) in [6.07, 6.45) is 2.26. The molecule has 1 amide bonds. The number of rotatable bonds is 10. The predicted octanol–water partition coefficient (Wildman–Crippen LogP) is 4.39. The van der Waals surface area contributed by atoms with E-state index in [4.69, 9.17) is 9.47 Å². The third-order valence-corrected chi connectivity index (χ3v) is 4.48. The van der Waals surface area contributed by atoms with Crippen molar-refractivity contribution in [1.29, 1.82) is 5.26 Å². The number of non-ortho nitro benzene ring substituents is 1. The first-order chi connectivity index (χ1) is 14.9. The van der Waals surface area contributed by atoms with Crippen LogP contribution in [0.4, 0.5) is 5.69 Å². The van der Waals surface area contributed by atoms with E-state index < -0.39 is 10.8 Å². The zero-order chi connectivity index (χ0) is 22.8. The monoisotopic (exact) mass is 423 g/mol. The summed E-state index contributed by atoms with van der Waals surface area (Å²) in [7, 11) is 0. The molecule has 1 N–H and O–H groups in total. The molecule has 0 unspecified atom stereocenters. The van der Waals surface area contributed by atoms with E-state index in [1.54, 1.807) is 30.3 Å². The van der Waals surface area contributed by atoms with Gasteiger partial charge in [0.05, 0.1) is 11.5 Å². The Morgan fingerprint density at radius 2 is 1.90 bits per heavy atom. The van der Waals surface area contributed by atoms with Gasteiger partial charge in [0.1, 0.15) is 18.2 Å². The molecule has 0 aliphatic rings. The van der Waals surface area contributed by atoms with Crippen LogP contribution in [0.5, 0.6) is 11.5 Å². The average Bonchev–Trinajstić information content (AvgIpc) is 2.77. The van der Waals surface area contributed by atoms with Crippen LogP contribution >= 0.6 is 0 Å². The van der Waals surface area contributed by atoms with Crippen LogP contribution in [0.3, 0.4) is 0 Å². The molecule has 0 fully saturated rings. The van der Waals surface area contributed by atoms with Gasteiger partial charge < -0.3 is 14.8 Å². The van der Waals surface area contributed by atoms with Crippen LogP contribution in [0, 0.1) is 21.4 Å². The number of nitro groups is 1.